The summed E-state index contributed by atoms with van der Waals surface area (Å²) in [5.41, 5.74) is 2.26. The SMILES string of the molecule is CCO[C@H]1CCN(C(=O)Cc2cc(Cl)c(NC(=O)c3cn(C)c4ccccc34)cc2Cl)[C@@H]1c1ncc(CCC(=O)O)o1. The lowest BCUT2D eigenvalue weighted by molar-refractivity contribution is -0.137. The summed E-state index contributed by atoms with van der Waals surface area (Å²) in [5, 5.41) is 13.2. The fraction of sp³-hybridized carbons (Fsp3) is 0.333. The average molecular weight is 613 g/mol. The van der Waals surface area contributed by atoms with E-state index in [1.54, 1.807) is 23.2 Å². The highest BCUT2D eigenvalue weighted by Gasteiger charge is 2.41. The highest BCUT2D eigenvalue weighted by atomic mass is 35.5. The summed E-state index contributed by atoms with van der Waals surface area (Å²) in [6, 6.07) is 10.2. The first-order chi connectivity index (χ1) is 20.2. The number of aryl methyl sites for hydroxylation is 2. The molecule has 2 aromatic heterocycles. The lowest BCUT2D eigenvalue weighted by Gasteiger charge is -2.26. The Bertz CT molecular complexity index is 1650. The molecular weight excluding hydrogens is 583 g/mol. The number of oxazole rings is 1. The molecule has 4 aromatic rings. The lowest BCUT2D eigenvalue weighted by atomic mass is 10.1. The second-order valence-electron chi connectivity index (χ2n) is 10.1. The molecule has 1 fully saturated rings. The van der Waals surface area contributed by atoms with Crippen LogP contribution in [0.5, 0.6) is 0 Å². The Hall–Kier alpha value is -3.86. The monoisotopic (exact) mass is 612 g/mol. The van der Waals surface area contributed by atoms with Crippen molar-refractivity contribution in [3.05, 3.63) is 81.6 Å². The fourth-order valence-corrected chi connectivity index (χ4v) is 5.79. The molecule has 10 nitrogen and oxygen atoms in total. The van der Waals surface area contributed by atoms with E-state index in [1.165, 1.54) is 6.20 Å². The number of anilines is 1. The molecular formula is C30H30Cl2N4O6. The van der Waals surface area contributed by atoms with Crippen LogP contribution in [0.4, 0.5) is 5.69 Å². The van der Waals surface area contributed by atoms with E-state index in [0.717, 1.165) is 10.9 Å². The topological polar surface area (TPSA) is 127 Å². The Labute approximate surface area is 252 Å². The van der Waals surface area contributed by atoms with E-state index < -0.39 is 12.0 Å². The summed E-state index contributed by atoms with van der Waals surface area (Å²) in [7, 11) is 1.87. The van der Waals surface area contributed by atoms with Crippen LogP contribution in [-0.2, 0) is 34.2 Å². The highest BCUT2D eigenvalue weighted by molar-refractivity contribution is 6.36. The molecule has 0 spiro atoms. The molecule has 0 unspecified atom stereocenters. The van der Waals surface area contributed by atoms with Crippen LogP contribution in [0, 0.1) is 0 Å². The van der Waals surface area contributed by atoms with E-state index in [2.05, 4.69) is 10.3 Å². The van der Waals surface area contributed by atoms with Crippen LogP contribution in [0.3, 0.4) is 0 Å². The van der Waals surface area contributed by atoms with Crippen LogP contribution in [0.25, 0.3) is 10.9 Å². The number of benzene rings is 2. The Balaban J connectivity index is 1.32. The molecule has 3 heterocycles. The van der Waals surface area contributed by atoms with Gasteiger partial charge in [-0.3, -0.25) is 14.4 Å². The number of carbonyl (C=O) groups is 3. The first-order valence-corrected chi connectivity index (χ1v) is 14.3. The number of carboxylic acids is 1. The standard InChI is InChI=1S/C30H30Cl2N4O6/c1-3-41-25-10-11-36(28(25)30-33-15-18(42-30)8-9-27(38)39)26(37)13-17-12-22(32)23(14-21(17)31)34-29(40)20-16-35(2)24-7-5-4-6-19(20)24/h4-7,12,14-16,25,28H,3,8-11,13H2,1-2H3,(H,34,40)(H,38,39)/t25-,28-/m0/s1. The number of hydrogen-bond acceptors (Lipinski definition) is 6. The van der Waals surface area contributed by atoms with Gasteiger partial charge in [-0.05, 0) is 37.1 Å². The van der Waals surface area contributed by atoms with Crippen LogP contribution >= 0.6 is 23.2 Å². The van der Waals surface area contributed by atoms with Crippen LogP contribution in [0.15, 0.2) is 53.2 Å². The molecule has 1 aliphatic heterocycles. The Morgan fingerprint density at radius 2 is 1.98 bits per heavy atom. The number of amides is 2. The largest absolute Gasteiger partial charge is 0.481 e. The summed E-state index contributed by atoms with van der Waals surface area (Å²) in [6.07, 6.45) is 3.57. The van der Waals surface area contributed by atoms with E-state index in [4.69, 9.17) is 37.5 Å². The van der Waals surface area contributed by atoms with Crippen LogP contribution < -0.4 is 5.32 Å². The van der Waals surface area contributed by atoms with Gasteiger partial charge in [0.25, 0.3) is 5.91 Å². The Morgan fingerprint density at radius 3 is 2.74 bits per heavy atom. The van der Waals surface area contributed by atoms with E-state index in [1.807, 2.05) is 42.8 Å². The third kappa shape index (κ3) is 6.16. The number of aliphatic carboxylic acids is 1. The predicted octanol–water partition coefficient (Wildman–Crippen LogP) is 5.66. The fourth-order valence-electron chi connectivity index (χ4n) is 5.33. The molecule has 2 amide bonds. The molecule has 1 aliphatic rings. The number of halogens is 2. The number of nitrogens with zero attached hydrogens (tertiary/aromatic N) is 3. The minimum absolute atomic E-state index is 0.0436. The number of ether oxygens (including phenoxy) is 1. The van der Waals surface area contributed by atoms with Gasteiger partial charge in [0.05, 0.1) is 41.4 Å². The van der Waals surface area contributed by atoms with E-state index in [-0.39, 0.29) is 47.2 Å². The maximum absolute atomic E-state index is 13.6. The van der Waals surface area contributed by atoms with Crippen molar-refractivity contribution in [2.75, 3.05) is 18.5 Å². The Kier molecular flexibility index (Phi) is 8.86. The van der Waals surface area contributed by atoms with Crippen molar-refractivity contribution in [3.63, 3.8) is 0 Å². The molecule has 0 radical (unpaired) electrons. The zero-order valence-corrected chi connectivity index (χ0v) is 24.6. The normalized spacial score (nSPS) is 16.7. The molecule has 12 heteroatoms. The number of carboxylic acid groups (broad SMARTS) is 1. The van der Waals surface area contributed by atoms with Gasteiger partial charge in [0, 0.05) is 48.7 Å². The number of para-hydroxylation sites is 1. The number of nitrogens with one attached hydrogen (secondary N) is 1. The first-order valence-electron chi connectivity index (χ1n) is 13.6. The van der Waals surface area contributed by atoms with E-state index in [9.17, 15) is 14.4 Å². The number of hydrogen-bond donors (Lipinski definition) is 2. The summed E-state index contributed by atoms with van der Waals surface area (Å²) in [5.74, 6) is -0.761. The van der Waals surface area contributed by atoms with Crippen molar-refractivity contribution < 1.29 is 28.6 Å². The quantitative estimate of drug-likeness (QED) is 0.236. The highest BCUT2D eigenvalue weighted by Crippen LogP contribution is 2.36. The molecule has 5 rings (SSSR count). The molecule has 0 aliphatic carbocycles. The molecule has 0 saturated carbocycles. The zero-order valence-electron chi connectivity index (χ0n) is 23.1. The summed E-state index contributed by atoms with van der Waals surface area (Å²) in [4.78, 5) is 43.6. The van der Waals surface area contributed by atoms with Gasteiger partial charge in [0.15, 0.2) is 0 Å². The molecule has 2 atom stereocenters. The van der Waals surface area contributed by atoms with Crippen molar-refractivity contribution in [3.8, 4) is 0 Å². The Morgan fingerprint density at radius 1 is 1.19 bits per heavy atom. The van der Waals surface area contributed by atoms with Crippen LogP contribution in [0.2, 0.25) is 10.0 Å². The van der Waals surface area contributed by atoms with Gasteiger partial charge in [0.2, 0.25) is 11.8 Å². The smallest absolute Gasteiger partial charge is 0.303 e. The van der Waals surface area contributed by atoms with Gasteiger partial charge in [-0.2, -0.15) is 0 Å². The summed E-state index contributed by atoms with van der Waals surface area (Å²) in [6.45, 7) is 2.74. The van der Waals surface area contributed by atoms with Crippen molar-refractivity contribution in [1.82, 2.24) is 14.5 Å². The zero-order chi connectivity index (χ0) is 30.0. The van der Waals surface area contributed by atoms with Crippen molar-refractivity contribution in [2.24, 2.45) is 7.05 Å². The van der Waals surface area contributed by atoms with Gasteiger partial charge in [0.1, 0.15) is 11.8 Å². The minimum Gasteiger partial charge on any atom is -0.481 e. The van der Waals surface area contributed by atoms with Gasteiger partial charge >= 0.3 is 5.97 Å². The van der Waals surface area contributed by atoms with Crippen molar-refractivity contribution in [1.29, 1.82) is 0 Å². The number of rotatable bonds is 10. The van der Waals surface area contributed by atoms with Gasteiger partial charge < -0.3 is 29.0 Å². The van der Waals surface area contributed by atoms with Gasteiger partial charge in [-0.1, -0.05) is 41.4 Å². The maximum atomic E-state index is 13.6. The lowest BCUT2D eigenvalue weighted by Crippen LogP contribution is -2.35. The number of fused-ring (bicyclic) bond motifs is 1. The summed E-state index contributed by atoms with van der Waals surface area (Å²) < 4.78 is 13.6. The molecule has 1 saturated heterocycles. The molecule has 42 heavy (non-hydrogen) atoms. The third-order valence-corrected chi connectivity index (χ3v) is 7.99. The molecule has 2 aromatic carbocycles. The second kappa shape index (κ2) is 12.6. The number of carbonyl (C=O) groups excluding carboxylic acids is 2. The first kappa shape index (κ1) is 29.6. The predicted molar refractivity (Wildman–Crippen MR) is 158 cm³/mol. The maximum Gasteiger partial charge on any atom is 0.303 e. The number of likely N-dealkylation sites (tertiary alicyclic amines) is 1. The van der Waals surface area contributed by atoms with Crippen LogP contribution in [0.1, 0.15) is 53.4 Å². The van der Waals surface area contributed by atoms with Gasteiger partial charge in [-0.25, -0.2) is 4.98 Å². The molecule has 0 bridgehead atoms. The third-order valence-electron chi connectivity index (χ3n) is 7.32. The van der Waals surface area contributed by atoms with Gasteiger partial charge in [-0.15, -0.1) is 0 Å². The van der Waals surface area contributed by atoms with Crippen LogP contribution in [-0.4, -0.2) is 56.6 Å². The molecule has 220 valence electrons. The van der Waals surface area contributed by atoms with E-state index >= 15 is 0 Å². The van der Waals surface area contributed by atoms with Crippen molar-refractivity contribution in [2.45, 2.75) is 44.8 Å². The average Bonchev–Trinajstić information content (AvgIpc) is 3.68. The van der Waals surface area contributed by atoms with E-state index in [0.29, 0.717) is 48.0 Å². The number of aromatic nitrogens is 2. The molecule has 2 N–H and O–H groups in total. The second-order valence-corrected chi connectivity index (χ2v) is 10.9. The minimum atomic E-state index is -0.938. The summed E-state index contributed by atoms with van der Waals surface area (Å²) >= 11 is 13.1. The van der Waals surface area contributed by atoms with Crippen molar-refractivity contribution >= 4 is 57.6 Å².